The Hall–Kier alpha value is -4.43. The zero-order valence-corrected chi connectivity index (χ0v) is 27.2. The van der Waals surface area contributed by atoms with E-state index in [1.807, 2.05) is 24.5 Å². The van der Waals surface area contributed by atoms with E-state index < -0.39 is 0 Å². The maximum Gasteiger partial charge on any atom is 0.0192 e. The Balaban J connectivity index is 0.000000197. The molecule has 0 saturated heterocycles. The van der Waals surface area contributed by atoms with Gasteiger partial charge in [0.25, 0.3) is 0 Å². The SMILES string of the molecule is Cc1c[c-]c(-c2cc(C)c(C)cn2)cc1.Cc1ccc(-c2[c-]cc(-c3cc4ccccc4c4ccccc34)cc2)nc1.[Ir]. The first kappa shape index (κ1) is 30.0. The number of pyridine rings is 2. The van der Waals surface area contributed by atoms with Crippen LogP contribution in [0.3, 0.4) is 0 Å². The molecule has 0 amide bonds. The predicted octanol–water partition coefficient (Wildman–Crippen LogP) is 10.3. The number of nitrogens with zero attached hydrogens (tertiary/aromatic N) is 2. The van der Waals surface area contributed by atoms with E-state index in [4.69, 9.17) is 0 Å². The van der Waals surface area contributed by atoms with Crippen LogP contribution in [0.5, 0.6) is 0 Å². The van der Waals surface area contributed by atoms with E-state index in [0.29, 0.717) is 0 Å². The standard InChI is InChI=1S/C26H18N.C14H14N.Ir/c1-18-10-15-26(27-17-18)20-13-11-19(12-14-20)25-16-21-6-2-3-7-22(21)23-8-4-5-9-24(23)25;1-10-4-6-13(7-5-10)14-8-11(2)12(3)9-15-14;/h2-13,15-17H,1H3;4-6,8-9H,1-3H3;/q2*-1;. The van der Waals surface area contributed by atoms with Gasteiger partial charge in [-0.15, -0.1) is 65.2 Å². The van der Waals surface area contributed by atoms with Crippen molar-refractivity contribution in [2.24, 2.45) is 0 Å². The minimum atomic E-state index is 0. The smallest absolute Gasteiger partial charge is 0.0192 e. The fourth-order valence-corrected chi connectivity index (χ4v) is 5.11. The van der Waals surface area contributed by atoms with Crippen LogP contribution in [-0.4, -0.2) is 9.97 Å². The zero-order valence-electron chi connectivity index (χ0n) is 24.8. The third-order valence-corrected chi connectivity index (χ3v) is 7.70. The molecule has 43 heavy (non-hydrogen) atoms. The largest absolute Gasteiger partial charge is 0.304 e. The van der Waals surface area contributed by atoms with Crippen molar-refractivity contribution in [2.45, 2.75) is 27.7 Å². The molecule has 0 aliphatic heterocycles. The molecule has 2 nitrogen and oxygen atoms in total. The van der Waals surface area contributed by atoms with Crippen molar-refractivity contribution in [3.8, 4) is 33.6 Å². The molecule has 0 unspecified atom stereocenters. The van der Waals surface area contributed by atoms with E-state index >= 15 is 0 Å². The van der Waals surface area contributed by atoms with Crippen molar-refractivity contribution < 1.29 is 20.1 Å². The van der Waals surface area contributed by atoms with Gasteiger partial charge in [0.1, 0.15) is 0 Å². The molecule has 7 rings (SSSR count). The summed E-state index contributed by atoms with van der Waals surface area (Å²) in [6.45, 7) is 8.29. The first-order valence-electron chi connectivity index (χ1n) is 14.2. The molecule has 0 bridgehead atoms. The molecular weight excluding hydrogens is 701 g/mol. The molecular formula is C40H32IrN2-2. The molecule has 2 aromatic heterocycles. The van der Waals surface area contributed by atoms with E-state index in [0.717, 1.165) is 28.1 Å². The van der Waals surface area contributed by atoms with Gasteiger partial charge in [-0.05, 0) is 64.8 Å². The molecule has 0 N–H and O–H groups in total. The Kier molecular flexibility index (Phi) is 9.26. The van der Waals surface area contributed by atoms with Crippen molar-refractivity contribution in [3.63, 3.8) is 0 Å². The summed E-state index contributed by atoms with van der Waals surface area (Å²) in [6, 6.07) is 44.9. The van der Waals surface area contributed by atoms with Gasteiger partial charge in [-0.3, -0.25) is 0 Å². The van der Waals surface area contributed by atoms with Crippen LogP contribution in [0.25, 0.3) is 55.2 Å². The van der Waals surface area contributed by atoms with Gasteiger partial charge in [0.15, 0.2) is 0 Å². The average molecular weight is 733 g/mol. The third kappa shape index (κ3) is 6.65. The Labute approximate surface area is 267 Å². The van der Waals surface area contributed by atoms with Crippen molar-refractivity contribution in [1.29, 1.82) is 0 Å². The summed E-state index contributed by atoms with van der Waals surface area (Å²) in [5.74, 6) is 0. The summed E-state index contributed by atoms with van der Waals surface area (Å²) in [5, 5.41) is 5.11. The number of hydrogen-bond acceptors (Lipinski definition) is 2. The molecule has 2 heterocycles. The normalized spacial score (nSPS) is 10.6. The number of aryl methyl sites for hydroxylation is 4. The first-order valence-corrected chi connectivity index (χ1v) is 14.2. The van der Waals surface area contributed by atoms with Gasteiger partial charge < -0.3 is 9.97 Å². The van der Waals surface area contributed by atoms with Crippen LogP contribution in [0.2, 0.25) is 0 Å². The molecule has 0 aliphatic rings. The van der Waals surface area contributed by atoms with Crippen LogP contribution in [0.4, 0.5) is 0 Å². The Morgan fingerprint density at radius 1 is 0.512 bits per heavy atom. The van der Waals surface area contributed by atoms with Crippen molar-refractivity contribution >= 4 is 21.5 Å². The van der Waals surface area contributed by atoms with Crippen LogP contribution in [-0.2, 0) is 20.1 Å². The topological polar surface area (TPSA) is 25.8 Å². The third-order valence-electron chi connectivity index (χ3n) is 7.70. The number of rotatable bonds is 3. The monoisotopic (exact) mass is 733 g/mol. The quantitative estimate of drug-likeness (QED) is 0.134. The van der Waals surface area contributed by atoms with Crippen LogP contribution in [0, 0.1) is 39.8 Å². The average Bonchev–Trinajstić information content (AvgIpc) is 3.03. The van der Waals surface area contributed by atoms with Crippen LogP contribution in [0.1, 0.15) is 22.3 Å². The summed E-state index contributed by atoms with van der Waals surface area (Å²) in [6.07, 6.45) is 3.81. The second kappa shape index (κ2) is 13.3. The van der Waals surface area contributed by atoms with Gasteiger partial charge in [-0.25, -0.2) is 0 Å². The van der Waals surface area contributed by atoms with Crippen LogP contribution >= 0.6 is 0 Å². The minimum Gasteiger partial charge on any atom is -0.304 e. The van der Waals surface area contributed by atoms with E-state index in [9.17, 15) is 0 Å². The summed E-state index contributed by atoms with van der Waals surface area (Å²) >= 11 is 0. The molecule has 7 aromatic rings. The summed E-state index contributed by atoms with van der Waals surface area (Å²) in [5.41, 5.74) is 11.3. The van der Waals surface area contributed by atoms with Crippen molar-refractivity contribution in [1.82, 2.24) is 9.97 Å². The Bertz CT molecular complexity index is 1990. The second-order valence-corrected chi connectivity index (χ2v) is 10.8. The molecule has 3 heteroatoms. The Morgan fingerprint density at radius 2 is 1.16 bits per heavy atom. The van der Waals surface area contributed by atoms with Gasteiger partial charge >= 0.3 is 0 Å². The van der Waals surface area contributed by atoms with Gasteiger partial charge in [-0.2, -0.15) is 0 Å². The fourth-order valence-electron chi connectivity index (χ4n) is 5.11. The van der Waals surface area contributed by atoms with Crippen molar-refractivity contribution in [2.75, 3.05) is 0 Å². The van der Waals surface area contributed by atoms with Crippen LogP contribution in [0.15, 0.2) is 122 Å². The fraction of sp³-hybridized carbons (Fsp3) is 0.100. The molecule has 5 aromatic carbocycles. The van der Waals surface area contributed by atoms with Crippen molar-refractivity contribution in [3.05, 3.63) is 156 Å². The van der Waals surface area contributed by atoms with Gasteiger partial charge in [-0.1, -0.05) is 96.4 Å². The molecule has 0 fully saturated rings. The molecule has 1 radical (unpaired) electrons. The molecule has 0 saturated carbocycles. The minimum absolute atomic E-state index is 0. The number of hydrogen-bond donors (Lipinski definition) is 0. The number of benzene rings is 5. The van der Waals surface area contributed by atoms with Crippen LogP contribution < -0.4 is 0 Å². The van der Waals surface area contributed by atoms with Gasteiger partial charge in [0.05, 0.1) is 0 Å². The summed E-state index contributed by atoms with van der Waals surface area (Å²) in [7, 11) is 0. The molecule has 0 aliphatic carbocycles. The Morgan fingerprint density at radius 3 is 1.84 bits per heavy atom. The molecule has 0 atom stereocenters. The summed E-state index contributed by atoms with van der Waals surface area (Å²) in [4.78, 5) is 8.92. The molecule has 213 valence electrons. The van der Waals surface area contributed by atoms with Gasteiger partial charge in [0, 0.05) is 32.5 Å². The van der Waals surface area contributed by atoms with E-state index in [2.05, 4.69) is 147 Å². The first-order chi connectivity index (χ1) is 20.5. The van der Waals surface area contributed by atoms with E-state index in [1.54, 1.807) is 0 Å². The maximum atomic E-state index is 4.51. The summed E-state index contributed by atoms with van der Waals surface area (Å²) < 4.78 is 0. The molecule has 0 spiro atoms. The number of aromatic nitrogens is 2. The van der Waals surface area contributed by atoms with Gasteiger partial charge in [0.2, 0.25) is 0 Å². The predicted molar refractivity (Wildman–Crippen MR) is 176 cm³/mol. The van der Waals surface area contributed by atoms with E-state index in [1.165, 1.54) is 49.4 Å². The van der Waals surface area contributed by atoms with E-state index in [-0.39, 0.29) is 20.1 Å². The maximum absolute atomic E-state index is 4.51. The number of fused-ring (bicyclic) bond motifs is 3. The second-order valence-electron chi connectivity index (χ2n) is 10.8. The zero-order chi connectivity index (χ0) is 29.1.